The molecule has 0 saturated heterocycles. The van der Waals surface area contributed by atoms with Crippen LogP contribution >= 0.6 is 11.8 Å². The lowest BCUT2D eigenvalue weighted by Gasteiger charge is -2.17. The summed E-state index contributed by atoms with van der Waals surface area (Å²) < 4.78 is 53.5. The number of alkyl halides is 3. The molecule has 3 nitrogen and oxygen atoms in total. The van der Waals surface area contributed by atoms with Gasteiger partial charge in [-0.05, 0) is 36.8 Å². The standard InChI is InChI=1S/C17H19F4N3S/c1-11-8-12(18)13(9-15(11)25-10-17(19,20)21)22-16(23(2)3)14-6-5-7-24(14)4/h5-9H,10H2,1-4H3/b22-16+. The van der Waals surface area contributed by atoms with Gasteiger partial charge in [-0.2, -0.15) is 13.2 Å². The Morgan fingerprint density at radius 1 is 1.28 bits per heavy atom. The molecule has 0 unspecified atom stereocenters. The van der Waals surface area contributed by atoms with Gasteiger partial charge in [-0.3, -0.25) is 0 Å². The number of aryl methyl sites for hydroxylation is 2. The summed E-state index contributed by atoms with van der Waals surface area (Å²) in [6, 6.07) is 6.26. The number of hydrogen-bond donors (Lipinski definition) is 0. The molecule has 0 spiro atoms. The number of aromatic nitrogens is 1. The van der Waals surface area contributed by atoms with Crippen molar-refractivity contribution in [3.8, 4) is 0 Å². The minimum Gasteiger partial charge on any atom is -0.361 e. The van der Waals surface area contributed by atoms with Crippen molar-refractivity contribution in [2.24, 2.45) is 12.0 Å². The highest BCUT2D eigenvalue weighted by atomic mass is 32.2. The van der Waals surface area contributed by atoms with Crippen LogP contribution in [0.4, 0.5) is 23.2 Å². The van der Waals surface area contributed by atoms with E-state index in [2.05, 4.69) is 4.99 Å². The van der Waals surface area contributed by atoms with Crippen molar-refractivity contribution in [2.45, 2.75) is 18.0 Å². The minimum absolute atomic E-state index is 0.0141. The first kappa shape index (κ1) is 19.4. The molecule has 2 rings (SSSR count). The highest BCUT2D eigenvalue weighted by Gasteiger charge is 2.27. The van der Waals surface area contributed by atoms with Crippen LogP contribution in [-0.4, -0.2) is 41.3 Å². The molecule has 136 valence electrons. The first-order valence-electron chi connectivity index (χ1n) is 7.46. The Bertz CT molecular complexity index is 779. The monoisotopic (exact) mass is 373 g/mol. The van der Waals surface area contributed by atoms with E-state index in [1.807, 2.05) is 29.9 Å². The Morgan fingerprint density at radius 2 is 1.96 bits per heavy atom. The Labute approximate surface area is 148 Å². The minimum atomic E-state index is -4.28. The maximum Gasteiger partial charge on any atom is 0.398 e. The molecule has 0 aliphatic carbocycles. The van der Waals surface area contributed by atoms with Crippen molar-refractivity contribution in [1.29, 1.82) is 0 Å². The van der Waals surface area contributed by atoms with Crippen molar-refractivity contribution in [2.75, 3.05) is 19.8 Å². The molecular formula is C17H19F4N3S. The van der Waals surface area contributed by atoms with Crippen molar-refractivity contribution >= 4 is 23.3 Å². The summed E-state index contributed by atoms with van der Waals surface area (Å²) in [5.41, 5.74) is 1.24. The second kappa shape index (κ2) is 7.51. The van der Waals surface area contributed by atoms with Crippen LogP contribution in [0.5, 0.6) is 0 Å². The summed E-state index contributed by atoms with van der Waals surface area (Å²) in [5, 5.41) is 0. The Morgan fingerprint density at radius 3 is 2.48 bits per heavy atom. The van der Waals surface area contributed by atoms with E-state index in [0.717, 1.165) is 5.69 Å². The fourth-order valence-electron chi connectivity index (χ4n) is 2.24. The molecule has 0 radical (unpaired) electrons. The fourth-order valence-corrected chi connectivity index (χ4v) is 3.04. The molecule has 1 heterocycles. The van der Waals surface area contributed by atoms with Crippen molar-refractivity contribution in [3.05, 3.63) is 47.5 Å². The van der Waals surface area contributed by atoms with E-state index in [-0.39, 0.29) is 5.69 Å². The van der Waals surface area contributed by atoms with Gasteiger partial charge in [0.05, 0.1) is 11.4 Å². The molecule has 8 heteroatoms. The Hall–Kier alpha value is -1.96. The number of hydrogen-bond acceptors (Lipinski definition) is 2. The van der Waals surface area contributed by atoms with E-state index in [0.29, 0.717) is 28.1 Å². The predicted molar refractivity (Wildman–Crippen MR) is 93.2 cm³/mol. The highest BCUT2D eigenvalue weighted by molar-refractivity contribution is 7.99. The van der Waals surface area contributed by atoms with Gasteiger partial charge in [-0.25, -0.2) is 9.38 Å². The van der Waals surface area contributed by atoms with Crippen LogP contribution in [0.1, 0.15) is 11.3 Å². The van der Waals surface area contributed by atoms with E-state index in [4.69, 9.17) is 0 Å². The van der Waals surface area contributed by atoms with Crippen LogP contribution in [0.2, 0.25) is 0 Å². The van der Waals surface area contributed by atoms with Gasteiger partial charge >= 0.3 is 6.18 Å². The normalized spacial score (nSPS) is 12.6. The van der Waals surface area contributed by atoms with Gasteiger partial charge in [0.25, 0.3) is 0 Å². The summed E-state index contributed by atoms with van der Waals surface area (Å²) in [6.45, 7) is 1.58. The van der Waals surface area contributed by atoms with E-state index >= 15 is 0 Å². The smallest absolute Gasteiger partial charge is 0.361 e. The maximum absolute atomic E-state index is 14.3. The molecule has 25 heavy (non-hydrogen) atoms. The summed E-state index contributed by atoms with van der Waals surface area (Å²) in [6.07, 6.45) is -2.45. The van der Waals surface area contributed by atoms with E-state index < -0.39 is 17.7 Å². The van der Waals surface area contributed by atoms with Gasteiger partial charge in [-0.15, -0.1) is 11.8 Å². The third kappa shape index (κ3) is 5.01. The third-order valence-corrected chi connectivity index (χ3v) is 4.68. The van der Waals surface area contributed by atoms with Gasteiger partial charge in [0, 0.05) is 32.2 Å². The highest BCUT2D eigenvalue weighted by Crippen LogP contribution is 2.33. The molecule has 0 atom stereocenters. The van der Waals surface area contributed by atoms with Crippen molar-refractivity contribution in [3.63, 3.8) is 0 Å². The molecule has 1 aromatic carbocycles. The van der Waals surface area contributed by atoms with Gasteiger partial charge in [0.2, 0.25) is 0 Å². The van der Waals surface area contributed by atoms with Gasteiger partial charge < -0.3 is 9.47 Å². The first-order chi connectivity index (χ1) is 11.6. The van der Waals surface area contributed by atoms with Crippen LogP contribution in [0.25, 0.3) is 0 Å². The zero-order valence-corrected chi connectivity index (χ0v) is 15.2. The largest absolute Gasteiger partial charge is 0.398 e. The number of thioether (sulfide) groups is 1. The zero-order chi connectivity index (χ0) is 18.8. The van der Waals surface area contributed by atoms with Gasteiger partial charge in [0.15, 0.2) is 5.84 Å². The Kier molecular flexibility index (Phi) is 5.82. The molecule has 0 bridgehead atoms. The van der Waals surface area contributed by atoms with Crippen LogP contribution in [0.3, 0.4) is 0 Å². The molecule has 0 amide bonds. The summed E-state index contributed by atoms with van der Waals surface area (Å²) in [7, 11) is 5.39. The predicted octanol–water partition coefficient (Wildman–Crippen LogP) is 4.77. The zero-order valence-electron chi connectivity index (χ0n) is 14.4. The molecule has 0 saturated carbocycles. The number of benzene rings is 1. The van der Waals surface area contributed by atoms with E-state index in [1.54, 1.807) is 25.9 Å². The second-order valence-electron chi connectivity index (χ2n) is 5.81. The molecule has 0 aliphatic rings. The van der Waals surface area contributed by atoms with E-state index in [9.17, 15) is 17.6 Å². The van der Waals surface area contributed by atoms with Crippen LogP contribution in [0.15, 0.2) is 40.4 Å². The number of rotatable bonds is 4. The molecule has 0 fully saturated rings. The molecule has 1 aromatic heterocycles. The summed E-state index contributed by atoms with van der Waals surface area (Å²) in [4.78, 5) is 6.46. The number of aliphatic imine (C=N–C) groups is 1. The lowest BCUT2D eigenvalue weighted by molar-refractivity contribution is -0.105. The lowest BCUT2D eigenvalue weighted by Crippen LogP contribution is -2.25. The Balaban J connectivity index is 2.45. The average Bonchev–Trinajstić information content (AvgIpc) is 2.90. The summed E-state index contributed by atoms with van der Waals surface area (Å²) in [5.74, 6) is -1.08. The molecule has 0 aliphatic heterocycles. The van der Waals surface area contributed by atoms with Crippen LogP contribution in [0, 0.1) is 12.7 Å². The second-order valence-corrected chi connectivity index (χ2v) is 6.82. The van der Waals surface area contributed by atoms with E-state index in [1.165, 1.54) is 12.1 Å². The van der Waals surface area contributed by atoms with Gasteiger partial charge in [-0.1, -0.05) is 0 Å². The van der Waals surface area contributed by atoms with Crippen LogP contribution in [-0.2, 0) is 7.05 Å². The van der Waals surface area contributed by atoms with Crippen LogP contribution < -0.4 is 0 Å². The third-order valence-electron chi connectivity index (χ3n) is 3.46. The average molecular weight is 373 g/mol. The molecular weight excluding hydrogens is 354 g/mol. The number of nitrogens with zero attached hydrogens (tertiary/aromatic N) is 3. The van der Waals surface area contributed by atoms with Crippen molar-refractivity contribution < 1.29 is 17.6 Å². The molecule has 2 aromatic rings. The first-order valence-corrected chi connectivity index (χ1v) is 8.44. The fraction of sp³-hybridized carbons (Fsp3) is 0.353. The maximum atomic E-state index is 14.3. The molecule has 0 N–H and O–H groups in total. The van der Waals surface area contributed by atoms with Crippen molar-refractivity contribution in [1.82, 2.24) is 9.47 Å². The quantitative estimate of drug-likeness (QED) is 0.333. The topological polar surface area (TPSA) is 20.5 Å². The SMILES string of the molecule is Cc1cc(F)c(/N=C(\c2cccn2C)N(C)C)cc1SCC(F)(F)F. The lowest BCUT2D eigenvalue weighted by atomic mass is 10.2. The van der Waals surface area contributed by atoms with Gasteiger partial charge in [0.1, 0.15) is 11.5 Å². The summed E-state index contributed by atoms with van der Waals surface area (Å²) >= 11 is 0.633. The number of halogens is 4. The number of amidine groups is 1.